The summed E-state index contributed by atoms with van der Waals surface area (Å²) in [5, 5.41) is 0. The molecule has 1 N–H and O–H groups in total. The third-order valence-corrected chi connectivity index (χ3v) is 5.56. The molecule has 0 amide bonds. The largest absolute Gasteiger partial charge is 0.355 e. The summed E-state index contributed by atoms with van der Waals surface area (Å²) in [6.45, 7) is 3.58. The Morgan fingerprint density at radius 2 is 2.00 bits per heavy atom. The van der Waals surface area contributed by atoms with E-state index in [9.17, 15) is 8.42 Å². The Morgan fingerprint density at radius 1 is 1.22 bits per heavy atom. The molecule has 23 heavy (non-hydrogen) atoms. The molecule has 0 saturated carbocycles. The van der Waals surface area contributed by atoms with E-state index in [1.165, 1.54) is 0 Å². The molecule has 5 nitrogen and oxygen atoms in total. The van der Waals surface area contributed by atoms with Gasteiger partial charge in [0, 0.05) is 25.3 Å². The van der Waals surface area contributed by atoms with E-state index in [2.05, 4.69) is 14.6 Å². The summed E-state index contributed by atoms with van der Waals surface area (Å²) in [5.74, 6) is 0.911. The van der Waals surface area contributed by atoms with Crippen LogP contribution < -0.4 is 9.62 Å². The highest BCUT2D eigenvalue weighted by Gasteiger charge is 2.25. The molecule has 0 aliphatic carbocycles. The number of nitrogens with zero attached hydrogens (tertiary/aromatic N) is 2. The van der Waals surface area contributed by atoms with Crippen molar-refractivity contribution in [2.75, 3.05) is 18.0 Å². The fourth-order valence-electron chi connectivity index (χ4n) is 2.86. The average molecular weight is 331 g/mol. The predicted molar refractivity (Wildman–Crippen MR) is 91.0 cm³/mol. The maximum Gasteiger partial charge on any atom is 0.240 e. The van der Waals surface area contributed by atoms with Crippen molar-refractivity contribution in [2.24, 2.45) is 0 Å². The first kappa shape index (κ1) is 16.0. The van der Waals surface area contributed by atoms with Gasteiger partial charge in [-0.15, -0.1) is 0 Å². The molecule has 1 saturated heterocycles. The highest BCUT2D eigenvalue weighted by molar-refractivity contribution is 7.89. The zero-order chi connectivity index (χ0) is 16.3. The minimum atomic E-state index is -3.47. The van der Waals surface area contributed by atoms with Crippen molar-refractivity contribution in [1.82, 2.24) is 9.71 Å². The number of benzene rings is 1. The number of piperidine rings is 1. The number of anilines is 1. The molecule has 2 aromatic rings. The Morgan fingerprint density at radius 3 is 2.74 bits per heavy atom. The third-order valence-electron chi connectivity index (χ3n) is 4.02. The molecule has 6 heteroatoms. The molecule has 0 bridgehead atoms. The summed E-state index contributed by atoms with van der Waals surface area (Å²) >= 11 is 0. The number of rotatable bonds is 4. The molecule has 0 spiro atoms. The lowest BCUT2D eigenvalue weighted by atomic mass is 10.1. The highest BCUT2D eigenvalue weighted by Crippen LogP contribution is 2.20. The van der Waals surface area contributed by atoms with E-state index in [-0.39, 0.29) is 6.04 Å². The molecule has 1 atom stereocenters. The molecule has 0 radical (unpaired) electrons. The topological polar surface area (TPSA) is 62.3 Å². The average Bonchev–Trinajstić information content (AvgIpc) is 2.55. The lowest BCUT2D eigenvalue weighted by molar-refractivity contribution is 0.464. The van der Waals surface area contributed by atoms with E-state index >= 15 is 0 Å². The molecule has 0 unspecified atom stereocenters. The first-order valence-electron chi connectivity index (χ1n) is 7.79. The standard InChI is InChI=1S/C17H21N3O2S/c1-14-9-10-18-17(12-14)20-11-5-6-15(13-20)19-23(21,22)16-7-3-2-4-8-16/h2-4,7-10,12,15,19H,5-6,11,13H2,1H3/t15-/m1/s1. The van der Waals surface area contributed by atoms with Crippen molar-refractivity contribution < 1.29 is 8.42 Å². The zero-order valence-corrected chi connectivity index (χ0v) is 14.0. The lowest BCUT2D eigenvalue weighted by Crippen LogP contribution is -2.48. The molecular formula is C17H21N3O2S. The van der Waals surface area contributed by atoms with Crippen LogP contribution in [-0.2, 0) is 10.0 Å². The summed E-state index contributed by atoms with van der Waals surface area (Å²) in [7, 11) is -3.47. The lowest BCUT2D eigenvalue weighted by Gasteiger charge is -2.33. The minimum absolute atomic E-state index is 0.101. The molecule has 2 heterocycles. The monoisotopic (exact) mass is 331 g/mol. The fourth-order valence-corrected chi connectivity index (χ4v) is 4.14. The number of nitrogens with one attached hydrogen (secondary N) is 1. The quantitative estimate of drug-likeness (QED) is 0.934. The van der Waals surface area contributed by atoms with Gasteiger partial charge in [-0.3, -0.25) is 0 Å². The van der Waals surface area contributed by atoms with Gasteiger partial charge in [0.05, 0.1) is 4.90 Å². The third kappa shape index (κ3) is 3.89. The van der Waals surface area contributed by atoms with Gasteiger partial charge in [0.15, 0.2) is 0 Å². The second-order valence-corrected chi connectivity index (χ2v) is 7.62. The van der Waals surface area contributed by atoms with Gasteiger partial charge in [-0.1, -0.05) is 18.2 Å². The van der Waals surface area contributed by atoms with Crippen LogP contribution >= 0.6 is 0 Å². The van der Waals surface area contributed by atoms with E-state index < -0.39 is 10.0 Å². The molecule has 1 aromatic carbocycles. The van der Waals surface area contributed by atoms with Crippen LogP contribution in [0.25, 0.3) is 0 Å². The van der Waals surface area contributed by atoms with Crippen LogP contribution in [0, 0.1) is 6.92 Å². The molecule has 1 aromatic heterocycles. The van der Waals surface area contributed by atoms with Crippen LogP contribution in [0.1, 0.15) is 18.4 Å². The van der Waals surface area contributed by atoms with Crippen molar-refractivity contribution in [3.05, 3.63) is 54.2 Å². The van der Waals surface area contributed by atoms with Gasteiger partial charge in [0.2, 0.25) is 10.0 Å². The number of aryl methyl sites for hydroxylation is 1. The van der Waals surface area contributed by atoms with E-state index in [1.807, 2.05) is 25.1 Å². The van der Waals surface area contributed by atoms with Crippen LogP contribution in [0.5, 0.6) is 0 Å². The molecule has 3 rings (SSSR count). The van der Waals surface area contributed by atoms with Gasteiger partial charge in [-0.2, -0.15) is 0 Å². The van der Waals surface area contributed by atoms with E-state index in [0.717, 1.165) is 30.8 Å². The van der Waals surface area contributed by atoms with Gasteiger partial charge in [0.1, 0.15) is 5.82 Å². The van der Waals surface area contributed by atoms with E-state index in [0.29, 0.717) is 11.4 Å². The Hall–Kier alpha value is -1.92. The van der Waals surface area contributed by atoms with Crippen molar-refractivity contribution in [1.29, 1.82) is 0 Å². The number of hydrogen-bond donors (Lipinski definition) is 1. The molecular weight excluding hydrogens is 310 g/mol. The first-order valence-corrected chi connectivity index (χ1v) is 9.28. The van der Waals surface area contributed by atoms with Crippen LogP contribution in [-0.4, -0.2) is 32.5 Å². The molecule has 1 fully saturated rings. The maximum atomic E-state index is 12.5. The summed E-state index contributed by atoms with van der Waals surface area (Å²) in [5.41, 5.74) is 1.15. The van der Waals surface area contributed by atoms with E-state index in [1.54, 1.807) is 30.5 Å². The Labute approximate surface area is 137 Å². The van der Waals surface area contributed by atoms with Crippen LogP contribution in [0.2, 0.25) is 0 Å². The normalized spacial score (nSPS) is 18.8. The van der Waals surface area contributed by atoms with Gasteiger partial charge in [-0.25, -0.2) is 18.1 Å². The Balaban J connectivity index is 1.72. The second kappa shape index (κ2) is 6.68. The van der Waals surface area contributed by atoms with Crippen molar-refractivity contribution in [2.45, 2.75) is 30.7 Å². The molecule has 122 valence electrons. The molecule has 1 aliphatic heterocycles. The Kier molecular flexibility index (Phi) is 4.63. The second-order valence-electron chi connectivity index (χ2n) is 5.91. The van der Waals surface area contributed by atoms with Crippen LogP contribution in [0.15, 0.2) is 53.6 Å². The summed E-state index contributed by atoms with van der Waals surface area (Å²) in [6.07, 6.45) is 3.58. The van der Waals surface area contributed by atoms with Gasteiger partial charge in [-0.05, 0) is 49.6 Å². The fraction of sp³-hybridized carbons (Fsp3) is 0.353. The summed E-state index contributed by atoms with van der Waals surface area (Å²) in [4.78, 5) is 6.86. The molecule has 1 aliphatic rings. The zero-order valence-electron chi connectivity index (χ0n) is 13.1. The van der Waals surface area contributed by atoms with Crippen molar-refractivity contribution >= 4 is 15.8 Å². The van der Waals surface area contributed by atoms with Crippen LogP contribution in [0.3, 0.4) is 0 Å². The van der Waals surface area contributed by atoms with Gasteiger partial charge < -0.3 is 4.90 Å². The predicted octanol–water partition coefficient (Wildman–Crippen LogP) is 2.34. The number of aromatic nitrogens is 1. The minimum Gasteiger partial charge on any atom is -0.355 e. The first-order chi connectivity index (χ1) is 11.0. The highest BCUT2D eigenvalue weighted by atomic mass is 32.2. The Bertz CT molecular complexity index is 762. The van der Waals surface area contributed by atoms with Crippen LogP contribution in [0.4, 0.5) is 5.82 Å². The smallest absolute Gasteiger partial charge is 0.240 e. The number of hydrogen-bond acceptors (Lipinski definition) is 4. The van der Waals surface area contributed by atoms with Gasteiger partial charge in [0.25, 0.3) is 0 Å². The maximum absolute atomic E-state index is 12.5. The SMILES string of the molecule is Cc1ccnc(N2CCC[C@@H](NS(=O)(=O)c3ccccc3)C2)c1. The summed E-state index contributed by atoms with van der Waals surface area (Å²) < 4.78 is 27.7. The number of sulfonamides is 1. The van der Waals surface area contributed by atoms with Gasteiger partial charge >= 0.3 is 0 Å². The van der Waals surface area contributed by atoms with E-state index in [4.69, 9.17) is 0 Å². The van der Waals surface area contributed by atoms with Crippen molar-refractivity contribution in [3.63, 3.8) is 0 Å². The van der Waals surface area contributed by atoms with Crippen molar-refractivity contribution in [3.8, 4) is 0 Å². The summed E-state index contributed by atoms with van der Waals surface area (Å²) in [6, 6.07) is 12.4. The number of pyridine rings is 1.